The molecule has 3 rings (SSSR count). The van der Waals surface area contributed by atoms with Gasteiger partial charge in [-0.1, -0.05) is 43.7 Å². The fourth-order valence-corrected chi connectivity index (χ4v) is 4.44. The van der Waals surface area contributed by atoms with Crippen molar-refractivity contribution in [2.45, 2.75) is 62.4 Å². The molecule has 2 N–H and O–H groups in total. The lowest BCUT2D eigenvalue weighted by atomic mass is 9.87. The van der Waals surface area contributed by atoms with Crippen LogP contribution in [0.25, 0.3) is 0 Å². The Labute approximate surface area is 189 Å². The van der Waals surface area contributed by atoms with Crippen LogP contribution in [0.1, 0.15) is 63.1 Å². The number of nitrogens with one attached hydrogen (secondary N) is 1. The largest absolute Gasteiger partial charge is 0.378 e. The van der Waals surface area contributed by atoms with Crippen LogP contribution in [0.4, 0.5) is 5.82 Å². The maximum absolute atomic E-state index is 13.2. The van der Waals surface area contributed by atoms with Gasteiger partial charge >= 0.3 is 0 Å². The van der Waals surface area contributed by atoms with Crippen LogP contribution in [-0.4, -0.2) is 41.3 Å². The second-order valence-corrected chi connectivity index (χ2v) is 10.9. The number of hydrogen-bond donors (Lipinski definition) is 2. The Morgan fingerprint density at radius 1 is 1.19 bits per heavy atom. The molecule has 32 heavy (non-hydrogen) atoms. The van der Waals surface area contributed by atoms with E-state index in [0.29, 0.717) is 23.9 Å². The highest BCUT2D eigenvalue weighted by Crippen LogP contribution is 2.35. The molecule has 1 atom stereocenters. The van der Waals surface area contributed by atoms with Crippen molar-refractivity contribution in [2.24, 2.45) is 5.92 Å². The highest BCUT2D eigenvalue weighted by Gasteiger charge is 2.27. The van der Waals surface area contributed by atoms with Crippen molar-refractivity contribution >= 4 is 21.6 Å². The zero-order valence-electron chi connectivity index (χ0n) is 18.6. The minimum atomic E-state index is -3.30. The third-order valence-corrected chi connectivity index (χ3v) is 6.60. The maximum Gasteiger partial charge on any atom is 0.233 e. The molecule has 2 aromatic rings. The van der Waals surface area contributed by atoms with Crippen LogP contribution in [0.2, 0.25) is 0 Å². The predicted octanol–water partition coefficient (Wildman–Crippen LogP) is 3.31. The van der Waals surface area contributed by atoms with E-state index in [1.807, 2.05) is 0 Å². The maximum atomic E-state index is 13.2. The minimum absolute atomic E-state index is 0.200. The van der Waals surface area contributed by atoms with Gasteiger partial charge in [0.2, 0.25) is 5.91 Å². The first kappa shape index (κ1) is 23.9. The van der Waals surface area contributed by atoms with Gasteiger partial charge in [-0.2, -0.15) is 0 Å². The van der Waals surface area contributed by atoms with E-state index in [9.17, 15) is 18.3 Å². The number of amides is 1. The molecular formula is C24H29N3O4S. The molecule has 1 aliphatic carbocycles. The van der Waals surface area contributed by atoms with Crippen molar-refractivity contribution in [3.63, 3.8) is 0 Å². The number of aromatic nitrogens is 2. The van der Waals surface area contributed by atoms with Crippen LogP contribution in [0.15, 0.2) is 41.6 Å². The van der Waals surface area contributed by atoms with Crippen molar-refractivity contribution in [1.82, 2.24) is 9.97 Å². The van der Waals surface area contributed by atoms with Crippen molar-refractivity contribution in [3.05, 3.63) is 47.9 Å². The summed E-state index contributed by atoms with van der Waals surface area (Å²) in [7, 11) is -3.30. The molecule has 1 amide bonds. The second-order valence-electron chi connectivity index (χ2n) is 8.87. The highest BCUT2D eigenvalue weighted by molar-refractivity contribution is 7.90. The Balaban J connectivity index is 1.78. The summed E-state index contributed by atoms with van der Waals surface area (Å²) in [6.07, 6.45) is 9.28. The van der Waals surface area contributed by atoms with Crippen LogP contribution in [0.5, 0.6) is 0 Å². The molecule has 0 saturated heterocycles. The van der Waals surface area contributed by atoms with Gasteiger partial charge in [0.05, 0.1) is 23.2 Å². The van der Waals surface area contributed by atoms with E-state index in [1.165, 1.54) is 31.5 Å². The standard InChI is InChI=1S/C24H29N3O4S/c1-24(2,29)13-12-19-15-26-22(16-25-19)27-23(28)21(14-17-6-4-5-7-17)18-8-10-20(11-9-18)32(3,30)31/h8-11,15-17,21,29H,4-7,14H2,1-3H3,(H,26,27,28)/t21-/m0/s1. The summed E-state index contributed by atoms with van der Waals surface area (Å²) in [5, 5.41) is 12.5. The van der Waals surface area contributed by atoms with Gasteiger partial charge in [0.1, 0.15) is 11.3 Å². The van der Waals surface area contributed by atoms with Gasteiger partial charge in [0.15, 0.2) is 15.7 Å². The summed E-state index contributed by atoms with van der Waals surface area (Å²) in [4.78, 5) is 21.8. The molecule has 1 aromatic carbocycles. The predicted molar refractivity (Wildman–Crippen MR) is 123 cm³/mol. The number of aliphatic hydroxyl groups is 1. The van der Waals surface area contributed by atoms with Crippen molar-refractivity contribution in [1.29, 1.82) is 0 Å². The first-order valence-corrected chi connectivity index (χ1v) is 12.6. The quantitative estimate of drug-likeness (QED) is 0.647. The number of hydrogen-bond acceptors (Lipinski definition) is 6. The van der Waals surface area contributed by atoms with E-state index in [4.69, 9.17) is 0 Å². The van der Waals surface area contributed by atoms with Crippen LogP contribution >= 0.6 is 0 Å². The van der Waals surface area contributed by atoms with Gasteiger partial charge in [-0.25, -0.2) is 18.4 Å². The average molecular weight is 456 g/mol. The number of nitrogens with zero attached hydrogens (tertiary/aromatic N) is 2. The molecule has 0 unspecified atom stereocenters. The molecule has 0 radical (unpaired) electrons. The third kappa shape index (κ3) is 6.87. The summed E-state index contributed by atoms with van der Waals surface area (Å²) in [5.74, 6) is 5.57. The van der Waals surface area contributed by atoms with E-state index in [-0.39, 0.29) is 10.8 Å². The Morgan fingerprint density at radius 3 is 2.38 bits per heavy atom. The number of carbonyl (C=O) groups excluding carboxylic acids is 1. The smallest absolute Gasteiger partial charge is 0.233 e. The zero-order chi connectivity index (χ0) is 23.4. The lowest BCUT2D eigenvalue weighted by Crippen LogP contribution is -2.24. The van der Waals surface area contributed by atoms with Crippen LogP contribution < -0.4 is 5.32 Å². The van der Waals surface area contributed by atoms with Crippen LogP contribution in [0.3, 0.4) is 0 Å². The number of carbonyl (C=O) groups is 1. The number of sulfone groups is 1. The lowest BCUT2D eigenvalue weighted by Gasteiger charge is -2.20. The molecule has 1 aromatic heterocycles. The molecule has 8 heteroatoms. The molecule has 0 aliphatic heterocycles. The SMILES string of the molecule is CC(C)(O)C#Cc1cnc(NC(=O)[C@@H](CC2CCCC2)c2ccc(S(C)(=O)=O)cc2)cn1. The van der Waals surface area contributed by atoms with Crippen molar-refractivity contribution in [3.8, 4) is 11.8 Å². The van der Waals surface area contributed by atoms with Gasteiger partial charge in [-0.3, -0.25) is 4.79 Å². The summed E-state index contributed by atoms with van der Waals surface area (Å²) in [6.45, 7) is 3.16. The number of anilines is 1. The Hall–Kier alpha value is -2.76. The summed E-state index contributed by atoms with van der Waals surface area (Å²) in [5.41, 5.74) is 0.0423. The van der Waals surface area contributed by atoms with E-state index >= 15 is 0 Å². The normalized spacial score (nSPS) is 15.6. The fourth-order valence-electron chi connectivity index (χ4n) is 3.81. The molecular weight excluding hydrogens is 426 g/mol. The second kappa shape index (κ2) is 9.80. The fraction of sp³-hybridized carbons (Fsp3) is 0.458. The topological polar surface area (TPSA) is 109 Å². The molecule has 7 nitrogen and oxygen atoms in total. The molecule has 1 saturated carbocycles. The zero-order valence-corrected chi connectivity index (χ0v) is 19.4. The number of rotatable bonds is 6. The van der Waals surface area contributed by atoms with Crippen molar-refractivity contribution in [2.75, 3.05) is 11.6 Å². The van der Waals surface area contributed by atoms with Gasteiger partial charge in [0.25, 0.3) is 0 Å². The van der Waals surface area contributed by atoms with Crippen LogP contribution in [-0.2, 0) is 14.6 Å². The Kier molecular flexibility index (Phi) is 7.32. The Morgan fingerprint density at radius 2 is 1.84 bits per heavy atom. The van der Waals surface area contributed by atoms with Crippen LogP contribution in [0, 0.1) is 17.8 Å². The van der Waals surface area contributed by atoms with Gasteiger partial charge in [0, 0.05) is 6.26 Å². The molecule has 1 fully saturated rings. The van der Waals surface area contributed by atoms with Crippen molar-refractivity contribution < 1.29 is 18.3 Å². The van der Waals surface area contributed by atoms with Gasteiger partial charge < -0.3 is 10.4 Å². The van der Waals surface area contributed by atoms with E-state index < -0.39 is 21.4 Å². The highest BCUT2D eigenvalue weighted by atomic mass is 32.2. The number of benzene rings is 1. The Bertz CT molecular complexity index is 1100. The first-order chi connectivity index (χ1) is 15.0. The molecule has 1 heterocycles. The molecule has 170 valence electrons. The summed E-state index contributed by atoms with van der Waals surface area (Å²) < 4.78 is 23.6. The van der Waals surface area contributed by atoms with E-state index in [2.05, 4.69) is 27.1 Å². The monoisotopic (exact) mass is 455 g/mol. The van der Waals surface area contributed by atoms with E-state index in [0.717, 1.165) is 18.4 Å². The third-order valence-electron chi connectivity index (χ3n) is 5.47. The van der Waals surface area contributed by atoms with Gasteiger partial charge in [-0.05, 0) is 49.8 Å². The summed E-state index contributed by atoms with van der Waals surface area (Å²) >= 11 is 0. The lowest BCUT2D eigenvalue weighted by molar-refractivity contribution is -0.118. The summed E-state index contributed by atoms with van der Waals surface area (Å²) in [6, 6.07) is 6.54. The molecule has 1 aliphatic rings. The molecule has 0 spiro atoms. The minimum Gasteiger partial charge on any atom is -0.378 e. The molecule has 0 bridgehead atoms. The average Bonchev–Trinajstić information content (AvgIpc) is 3.24. The van der Waals surface area contributed by atoms with E-state index in [1.54, 1.807) is 38.1 Å². The first-order valence-electron chi connectivity index (χ1n) is 10.7. The van der Waals surface area contributed by atoms with Gasteiger partial charge in [-0.15, -0.1) is 0 Å².